The van der Waals surface area contributed by atoms with Crippen LogP contribution in [0.4, 0.5) is 15.9 Å². The van der Waals surface area contributed by atoms with Crippen molar-refractivity contribution in [2.75, 3.05) is 32.6 Å². The summed E-state index contributed by atoms with van der Waals surface area (Å²) in [4.78, 5) is 19.5. The number of halogens is 1. The summed E-state index contributed by atoms with van der Waals surface area (Å²) in [5.74, 6) is 0.704. The number of hydrogen-bond acceptors (Lipinski definition) is 8. The molecule has 0 aliphatic heterocycles. The van der Waals surface area contributed by atoms with Crippen LogP contribution in [-0.4, -0.2) is 58.2 Å². The second kappa shape index (κ2) is 9.27. The van der Waals surface area contributed by atoms with Crippen LogP contribution < -0.4 is 14.8 Å². The Kier molecular flexibility index (Phi) is 6.27. The Balaban J connectivity index is 1.80. The Morgan fingerprint density at radius 3 is 2.75 bits per heavy atom. The Labute approximate surface area is 185 Å². The van der Waals surface area contributed by atoms with E-state index < -0.39 is 5.82 Å². The van der Waals surface area contributed by atoms with Gasteiger partial charge in [-0.3, -0.25) is 4.98 Å². The number of ether oxygens (including phenoxy) is 2. The van der Waals surface area contributed by atoms with Crippen molar-refractivity contribution in [2.45, 2.75) is 20.0 Å². The Morgan fingerprint density at radius 1 is 1.12 bits per heavy atom. The van der Waals surface area contributed by atoms with Crippen molar-refractivity contribution in [1.82, 2.24) is 24.8 Å². The smallest absolute Gasteiger partial charge is 0.230 e. The summed E-state index contributed by atoms with van der Waals surface area (Å²) in [7, 11) is 3.94. The van der Waals surface area contributed by atoms with Crippen molar-refractivity contribution in [3.05, 3.63) is 48.7 Å². The quantitative estimate of drug-likeness (QED) is 0.440. The summed E-state index contributed by atoms with van der Waals surface area (Å²) in [5, 5.41) is 4.06. The van der Waals surface area contributed by atoms with Gasteiger partial charge in [0.2, 0.25) is 11.8 Å². The number of benzene rings is 1. The average Bonchev–Trinajstić information content (AvgIpc) is 2.75. The van der Waals surface area contributed by atoms with Crippen molar-refractivity contribution in [3.8, 4) is 11.8 Å². The van der Waals surface area contributed by atoms with Crippen LogP contribution >= 0.6 is 0 Å². The van der Waals surface area contributed by atoms with E-state index in [1.807, 2.05) is 32.8 Å². The molecule has 0 radical (unpaired) electrons. The molecule has 0 amide bonds. The van der Waals surface area contributed by atoms with Gasteiger partial charge in [-0.25, -0.2) is 14.4 Å². The Hall–Kier alpha value is -3.59. The zero-order chi connectivity index (χ0) is 22.7. The lowest BCUT2D eigenvalue weighted by Gasteiger charge is -2.20. The fourth-order valence-electron chi connectivity index (χ4n) is 3.51. The fourth-order valence-corrected chi connectivity index (χ4v) is 3.51. The first-order valence-corrected chi connectivity index (χ1v) is 10.4. The zero-order valence-electron chi connectivity index (χ0n) is 18.5. The molecular weight excluding hydrogens is 411 g/mol. The fraction of sp³-hybridized carbons (Fsp3) is 0.304. The number of likely N-dealkylation sites (N-methyl/N-ethyl adjacent to an activating group) is 1. The van der Waals surface area contributed by atoms with Crippen LogP contribution in [0.5, 0.6) is 11.8 Å². The van der Waals surface area contributed by atoms with E-state index in [1.54, 1.807) is 36.5 Å². The highest BCUT2D eigenvalue weighted by molar-refractivity contribution is 5.96. The number of nitrogens with one attached hydrogen (secondary N) is 1. The lowest BCUT2D eigenvalue weighted by atomic mass is 10.2. The monoisotopic (exact) mass is 436 g/mol. The van der Waals surface area contributed by atoms with Gasteiger partial charge >= 0.3 is 0 Å². The highest BCUT2D eigenvalue weighted by atomic mass is 19.1. The van der Waals surface area contributed by atoms with E-state index in [4.69, 9.17) is 9.47 Å². The molecule has 0 spiro atoms. The molecule has 0 aliphatic carbocycles. The maximum atomic E-state index is 15.2. The number of fused-ring (bicyclic) bond motifs is 2. The highest BCUT2D eigenvalue weighted by Gasteiger charge is 2.19. The topological polar surface area (TPSA) is 85.3 Å². The largest absolute Gasteiger partial charge is 0.478 e. The van der Waals surface area contributed by atoms with Crippen LogP contribution in [0.25, 0.3) is 21.8 Å². The molecule has 3 aromatic heterocycles. The number of rotatable bonds is 8. The number of nitrogens with zero attached hydrogens (tertiary/aromatic N) is 5. The third-order valence-corrected chi connectivity index (χ3v) is 4.76. The van der Waals surface area contributed by atoms with Crippen LogP contribution in [-0.2, 0) is 0 Å². The Bertz CT molecular complexity index is 1250. The molecule has 4 aromatic rings. The summed E-state index contributed by atoms with van der Waals surface area (Å²) < 4.78 is 26.9. The summed E-state index contributed by atoms with van der Waals surface area (Å²) in [6.45, 7) is 4.97. The number of anilines is 2. The molecular formula is C23H25FN6O2. The summed E-state index contributed by atoms with van der Waals surface area (Å²) in [5.41, 5.74) is 1.43. The first kappa shape index (κ1) is 21.6. The van der Waals surface area contributed by atoms with Gasteiger partial charge in [0.1, 0.15) is 23.6 Å². The first-order chi connectivity index (χ1) is 15.5. The van der Waals surface area contributed by atoms with E-state index in [9.17, 15) is 0 Å². The molecule has 0 unspecified atom stereocenters. The molecule has 0 fully saturated rings. The van der Waals surface area contributed by atoms with Crippen LogP contribution in [0.1, 0.15) is 13.8 Å². The number of pyridine rings is 2. The molecule has 3 heterocycles. The van der Waals surface area contributed by atoms with Gasteiger partial charge < -0.3 is 19.7 Å². The number of aromatic nitrogens is 4. The zero-order valence-corrected chi connectivity index (χ0v) is 18.5. The molecule has 0 saturated heterocycles. The van der Waals surface area contributed by atoms with Crippen LogP contribution in [0.3, 0.4) is 0 Å². The van der Waals surface area contributed by atoms with Gasteiger partial charge in [0.15, 0.2) is 5.82 Å². The molecule has 0 saturated carbocycles. The lowest BCUT2D eigenvalue weighted by molar-refractivity contribution is 0.171. The normalized spacial score (nSPS) is 12.3. The van der Waals surface area contributed by atoms with Crippen molar-refractivity contribution < 1.29 is 13.9 Å². The minimum atomic E-state index is -0.412. The summed E-state index contributed by atoms with van der Waals surface area (Å²) >= 11 is 0. The standard InChI is InChI=1S/C23H25FN6O2/c1-5-31-19-11-18-20(23(29-19)32-14(2)12-30(3)4)22(27-13-26-18)28-17-9-8-16-15(21(17)24)7-6-10-25-16/h6-11,13-14H,5,12H2,1-4H3,(H,26,27,28)/t14-/m1/s1. The molecule has 1 aromatic carbocycles. The molecule has 8 nitrogen and oxygen atoms in total. The molecule has 4 rings (SSSR count). The maximum absolute atomic E-state index is 15.2. The molecule has 1 atom stereocenters. The molecule has 0 bridgehead atoms. The van der Waals surface area contributed by atoms with Crippen molar-refractivity contribution >= 4 is 33.3 Å². The van der Waals surface area contributed by atoms with Gasteiger partial charge in [0.05, 0.1) is 23.3 Å². The van der Waals surface area contributed by atoms with Crippen LogP contribution in [0.2, 0.25) is 0 Å². The molecule has 166 valence electrons. The van der Waals surface area contributed by atoms with E-state index in [0.717, 1.165) is 0 Å². The van der Waals surface area contributed by atoms with Crippen molar-refractivity contribution in [2.24, 2.45) is 0 Å². The molecule has 0 aliphatic rings. The van der Waals surface area contributed by atoms with E-state index in [2.05, 4.69) is 25.3 Å². The Morgan fingerprint density at radius 2 is 1.97 bits per heavy atom. The van der Waals surface area contributed by atoms with Crippen LogP contribution in [0.15, 0.2) is 42.9 Å². The third kappa shape index (κ3) is 4.52. The maximum Gasteiger partial charge on any atom is 0.230 e. The third-order valence-electron chi connectivity index (χ3n) is 4.76. The van der Waals surface area contributed by atoms with Crippen LogP contribution in [0, 0.1) is 5.82 Å². The van der Waals surface area contributed by atoms with E-state index in [-0.39, 0.29) is 11.8 Å². The van der Waals surface area contributed by atoms with Gasteiger partial charge in [-0.2, -0.15) is 4.98 Å². The molecule has 32 heavy (non-hydrogen) atoms. The SMILES string of the molecule is CCOc1cc2ncnc(Nc3ccc4ncccc4c3F)c2c(O[C@H](C)CN(C)C)n1. The molecule has 1 N–H and O–H groups in total. The first-order valence-electron chi connectivity index (χ1n) is 10.4. The van der Waals surface area contributed by atoms with Crippen molar-refractivity contribution in [1.29, 1.82) is 0 Å². The van der Waals surface area contributed by atoms with Crippen molar-refractivity contribution in [3.63, 3.8) is 0 Å². The van der Waals surface area contributed by atoms with Gasteiger partial charge in [-0.05, 0) is 52.2 Å². The molecule has 9 heteroatoms. The lowest BCUT2D eigenvalue weighted by Crippen LogP contribution is -2.28. The minimum Gasteiger partial charge on any atom is -0.478 e. The van der Waals surface area contributed by atoms with Gasteiger partial charge in [-0.1, -0.05) is 0 Å². The van der Waals surface area contributed by atoms with E-state index in [0.29, 0.717) is 52.5 Å². The van der Waals surface area contributed by atoms with Gasteiger partial charge in [-0.15, -0.1) is 0 Å². The van der Waals surface area contributed by atoms with E-state index in [1.165, 1.54) is 6.33 Å². The average molecular weight is 436 g/mol. The van der Waals surface area contributed by atoms with Gasteiger partial charge in [0.25, 0.3) is 0 Å². The number of hydrogen-bond donors (Lipinski definition) is 1. The minimum absolute atomic E-state index is 0.158. The highest BCUT2D eigenvalue weighted by Crippen LogP contribution is 2.34. The summed E-state index contributed by atoms with van der Waals surface area (Å²) in [6.07, 6.45) is 2.88. The summed E-state index contributed by atoms with van der Waals surface area (Å²) in [6, 6.07) is 8.50. The predicted molar refractivity (Wildman–Crippen MR) is 122 cm³/mol. The predicted octanol–water partition coefficient (Wildman–Crippen LogP) is 4.18. The van der Waals surface area contributed by atoms with E-state index >= 15 is 4.39 Å². The second-order valence-electron chi connectivity index (χ2n) is 7.63. The second-order valence-corrected chi connectivity index (χ2v) is 7.63. The van der Waals surface area contributed by atoms with Gasteiger partial charge in [0, 0.05) is 24.2 Å².